The van der Waals surface area contributed by atoms with Crippen LogP contribution in [0.25, 0.3) is 0 Å². The molecule has 1 aromatic rings. The Morgan fingerprint density at radius 3 is 3.10 bits per heavy atom. The first-order valence-corrected chi connectivity index (χ1v) is 6.01. The van der Waals surface area contributed by atoms with Gasteiger partial charge in [0.1, 0.15) is 12.0 Å². The molecule has 0 saturated carbocycles. The SMILES string of the molecule is CC1CN(c2ncc([N+](=O)[O-])cc2C(N)=NO)CCO1. The molecule has 9 heteroatoms. The van der Waals surface area contributed by atoms with Crippen LogP contribution in [0.5, 0.6) is 0 Å². The maximum absolute atomic E-state index is 10.8. The fraction of sp³-hybridized carbons (Fsp3) is 0.455. The molecule has 3 N–H and O–H groups in total. The molecule has 2 heterocycles. The molecule has 2 rings (SSSR count). The number of oxime groups is 1. The number of morpholine rings is 1. The zero-order chi connectivity index (χ0) is 14.7. The van der Waals surface area contributed by atoms with E-state index in [2.05, 4.69) is 10.1 Å². The fourth-order valence-electron chi connectivity index (χ4n) is 2.05. The minimum Gasteiger partial charge on any atom is -0.409 e. The van der Waals surface area contributed by atoms with E-state index in [0.717, 1.165) is 6.20 Å². The Balaban J connectivity index is 2.43. The summed E-state index contributed by atoms with van der Waals surface area (Å²) >= 11 is 0. The summed E-state index contributed by atoms with van der Waals surface area (Å²) in [5, 5.41) is 22.5. The summed E-state index contributed by atoms with van der Waals surface area (Å²) in [6, 6.07) is 1.25. The van der Waals surface area contributed by atoms with Crippen LogP contribution in [0, 0.1) is 10.1 Å². The lowest BCUT2D eigenvalue weighted by Crippen LogP contribution is -2.42. The molecular weight excluding hydrogens is 266 g/mol. The summed E-state index contributed by atoms with van der Waals surface area (Å²) in [6.07, 6.45) is 1.17. The summed E-state index contributed by atoms with van der Waals surface area (Å²) in [6.45, 7) is 3.60. The number of rotatable bonds is 3. The van der Waals surface area contributed by atoms with Crippen LogP contribution in [0.3, 0.4) is 0 Å². The number of ether oxygens (including phenoxy) is 1. The lowest BCUT2D eigenvalue weighted by Gasteiger charge is -2.32. The standard InChI is InChI=1S/C11H15N5O4/c1-7-6-15(2-3-20-7)11-9(10(12)14-17)4-8(5-13-11)16(18)19/h4-5,7,17H,2-3,6H2,1H3,(H2,12,14). The van der Waals surface area contributed by atoms with Gasteiger partial charge in [0.15, 0.2) is 5.84 Å². The van der Waals surface area contributed by atoms with Crippen LogP contribution in [0.15, 0.2) is 17.4 Å². The third-order valence-corrected chi connectivity index (χ3v) is 2.99. The van der Waals surface area contributed by atoms with Crippen LogP contribution >= 0.6 is 0 Å². The van der Waals surface area contributed by atoms with E-state index in [1.807, 2.05) is 11.8 Å². The molecule has 1 saturated heterocycles. The molecule has 0 aromatic carbocycles. The Bertz CT molecular complexity index is 548. The zero-order valence-corrected chi connectivity index (χ0v) is 10.9. The molecule has 1 aliphatic rings. The number of pyridine rings is 1. The van der Waals surface area contributed by atoms with Gasteiger partial charge in [-0.05, 0) is 6.92 Å². The van der Waals surface area contributed by atoms with Crippen molar-refractivity contribution in [2.75, 3.05) is 24.6 Å². The smallest absolute Gasteiger partial charge is 0.288 e. The molecule has 0 aliphatic carbocycles. The van der Waals surface area contributed by atoms with Crippen molar-refractivity contribution in [3.05, 3.63) is 27.9 Å². The lowest BCUT2D eigenvalue weighted by atomic mass is 10.2. The third kappa shape index (κ3) is 2.77. The first-order chi connectivity index (χ1) is 9.52. The number of nitrogens with two attached hydrogens (primary N) is 1. The van der Waals surface area contributed by atoms with Gasteiger partial charge in [-0.3, -0.25) is 10.1 Å². The summed E-state index contributed by atoms with van der Waals surface area (Å²) in [4.78, 5) is 16.2. The average Bonchev–Trinajstić information content (AvgIpc) is 2.45. The highest BCUT2D eigenvalue weighted by molar-refractivity contribution is 6.02. The van der Waals surface area contributed by atoms with Gasteiger partial charge in [0.05, 0.1) is 23.2 Å². The van der Waals surface area contributed by atoms with Crippen LogP contribution in [-0.2, 0) is 4.74 Å². The molecule has 20 heavy (non-hydrogen) atoms. The normalized spacial score (nSPS) is 19.9. The number of anilines is 1. The summed E-state index contributed by atoms with van der Waals surface area (Å²) in [5.74, 6) is 0.233. The zero-order valence-electron chi connectivity index (χ0n) is 10.9. The van der Waals surface area contributed by atoms with Gasteiger partial charge >= 0.3 is 0 Å². The molecule has 0 amide bonds. The lowest BCUT2D eigenvalue weighted by molar-refractivity contribution is -0.385. The first kappa shape index (κ1) is 14.0. The number of hydrogen-bond acceptors (Lipinski definition) is 7. The summed E-state index contributed by atoms with van der Waals surface area (Å²) in [5.41, 5.74) is 5.61. The van der Waals surface area contributed by atoms with Gasteiger partial charge in [-0.2, -0.15) is 0 Å². The largest absolute Gasteiger partial charge is 0.409 e. The van der Waals surface area contributed by atoms with Crippen molar-refractivity contribution in [2.45, 2.75) is 13.0 Å². The van der Waals surface area contributed by atoms with E-state index in [0.29, 0.717) is 25.5 Å². The van der Waals surface area contributed by atoms with Crippen molar-refractivity contribution >= 4 is 17.3 Å². The van der Waals surface area contributed by atoms with Crippen molar-refractivity contribution < 1.29 is 14.9 Å². The molecule has 0 bridgehead atoms. The predicted molar refractivity (Wildman–Crippen MR) is 71.0 cm³/mol. The van der Waals surface area contributed by atoms with Gasteiger partial charge in [-0.25, -0.2) is 4.98 Å². The van der Waals surface area contributed by atoms with Crippen LogP contribution < -0.4 is 10.6 Å². The molecule has 9 nitrogen and oxygen atoms in total. The Hall–Kier alpha value is -2.42. The Morgan fingerprint density at radius 1 is 1.75 bits per heavy atom. The van der Waals surface area contributed by atoms with Gasteiger partial charge in [-0.15, -0.1) is 0 Å². The van der Waals surface area contributed by atoms with Gasteiger partial charge in [0.25, 0.3) is 5.69 Å². The highest BCUT2D eigenvalue weighted by Crippen LogP contribution is 2.24. The molecule has 1 aliphatic heterocycles. The molecule has 108 valence electrons. The second kappa shape index (κ2) is 5.70. The monoisotopic (exact) mass is 281 g/mol. The molecule has 0 radical (unpaired) electrons. The highest BCUT2D eigenvalue weighted by Gasteiger charge is 2.24. The number of nitro groups is 1. The van der Waals surface area contributed by atoms with Gasteiger partial charge < -0.3 is 20.6 Å². The van der Waals surface area contributed by atoms with E-state index in [1.54, 1.807) is 0 Å². The van der Waals surface area contributed by atoms with E-state index in [-0.39, 0.29) is 23.2 Å². The minimum absolute atomic E-state index is 0.0147. The molecule has 1 atom stereocenters. The average molecular weight is 281 g/mol. The van der Waals surface area contributed by atoms with E-state index < -0.39 is 4.92 Å². The maximum Gasteiger partial charge on any atom is 0.288 e. The number of hydrogen-bond donors (Lipinski definition) is 2. The van der Waals surface area contributed by atoms with Gasteiger partial charge in [0, 0.05) is 19.2 Å². The topological polar surface area (TPSA) is 127 Å². The second-order valence-electron chi connectivity index (χ2n) is 4.43. The number of nitrogens with zero attached hydrogens (tertiary/aromatic N) is 4. The second-order valence-corrected chi connectivity index (χ2v) is 4.43. The van der Waals surface area contributed by atoms with Gasteiger partial charge in [0.2, 0.25) is 0 Å². The van der Waals surface area contributed by atoms with Gasteiger partial charge in [-0.1, -0.05) is 5.16 Å². The number of amidine groups is 1. The van der Waals surface area contributed by atoms with E-state index in [4.69, 9.17) is 15.7 Å². The Morgan fingerprint density at radius 2 is 2.50 bits per heavy atom. The molecule has 0 spiro atoms. The maximum atomic E-state index is 10.8. The minimum atomic E-state index is -0.577. The van der Waals surface area contributed by atoms with Crippen molar-refractivity contribution in [3.63, 3.8) is 0 Å². The predicted octanol–water partition coefficient (Wildman–Crippen LogP) is 0.309. The van der Waals surface area contributed by atoms with E-state index >= 15 is 0 Å². The Kier molecular flexibility index (Phi) is 3.99. The summed E-state index contributed by atoms with van der Waals surface area (Å²) in [7, 11) is 0. The van der Waals surface area contributed by atoms with Crippen LogP contribution in [0.2, 0.25) is 0 Å². The molecule has 1 unspecified atom stereocenters. The number of aromatic nitrogens is 1. The summed E-state index contributed by atoms with van der Waals surface area (Å²) < 4.78 is 5.43. The van der Waals surface area contributed by atoms with Crippen LogP contribution in [0.1, 0.15) is 12.5 Å². The molecular formula is C11H15N5O4. The van der Waals surface area contributed by atoms with Crippen LogP contribution in [-0.4, -0.2) is 46.8 Å². The van der Waals surface area contributed by atoms with Crippen molar-refractivity contribution in [1.29, 1.82) is 0 Å². The van der Waals surface area contributed by atoms with Crippen molar-refractivity contribution in [3.8, 4) is 0 Å². The first-order valence-electron chi connectivity index (χ1n) is 6.01. The Labute approximate surface area is 114 Å². The highest BCUT2D eigenvalue weighted by atomic mass is 16.6. The van der Waals surface area contributed by atoms with Crippen molar-refractivity contribution in [2.24, 2.45) is 10.9 Å². The van der Waals surface area contributed by atoms with E-state index in [1.165, 1.54) is 6.07 Å². The van der Waals surface area contributed by atoms with Crippen LogP contribution in [0.4, 0.5) is 11.5 Å². The van der Waals surface area contributed by atoms with E-state index in [9.17, 15) is 10.1 Å². The quantitative estimate of drug-likeness (QED) is 0.268. The third-order valence-electron chi connectivity index (χ3n) is 2.99. The molecule has 1 aromatic heterocycles. The molecule has 1 fully saturated rings. The fourth-order valence-corrected chi connectivity index (χ4v) is 2.05. The van der Waals surface area contributed by atoms with Crippen molar-refractivity contribution in [1.82, 2.24) is 4.98 Å².